The molecule has 2 N–H and O–H groups in total. The zero-order valence-corrected chi connectivity index (χ0v) is 13.4. The molecule has 1 saturated heterocycles. The summed E-state index contributed by atoms with van der Waals surface area (Å²) < 4.78 is 15.0. The Kier molecular flexibility index (Phi) is 5.06. The number of likely N-dealkylation sites (tertiary alicyclic amines) is 1. The van der Waals surface area contributed by atoms with Gasteiger partial charge < -0.3 is 15.3 Å². The lowest BCUT2D eigenvalue weighted by atomic mass is 9.78. The fraction of sp³-hybridized carbons (Fsp3) is 0.588. The Bertz CT molecular complexity index is 501. The van der Waals surface area contributed by atoms with E-state index in [1.54, 1.807) is 0 Å². The van der Waals surface area contributed by atoms with Crippen LogP contribution in [0.4, 0.5) is 9.18 Å². The Morgan fingerprint density at radius 2 is 2.00 bits per heavy atom. The number of alkyl halides is 1. The van der Waals surface area contributed by atoms with Crippen molar-refractivity contribution in [3.63, 3.8) is 0 Å². The molecule has 5 heteroatoms. The smallest absolute Gasteiger partial charge is 0.407 e. The van der Waals surface area contributed by atoms with Gasteiger partial charge in [-0.05, 0) is 17.4 Å². The van der Waals surface area contributed by atoms with Crippen molar-refractivity contribution in [2.24, 2.45) is 5.41 Å². The predicted molar refractivity (Wildman–Crippen MR) is 84.6 cm³/mol. The summed E-state index contributed by atoms with van der Waals surface area (Å²) in [6.45, 7) is 6.62. The highest BCUT2D eigenvalue weighted by atomic mass is 19.1. The van der Waals surface area contributed by atoms with Gasteiger partial charge >= 0.3 is 6.09 Å². The lowest BCUT2D eigenvalue weighted by Crippen LogP contribution is -2.62. The number of halogens is 1. The number of hydrogen-bond acceptors (Lipinski definition) is 2. The van der Waals surface area contributed by atoms with Crippen molar-refractivity contribution in [3.8, 4) is 0 Å². The number of amides is 1. The molecule has 1 aromatic rings. The Morgan fingerprint density at radius 3 is 2.55 bits per heavy atom. The highest BCUT2D eigenvalue weighted by Gasteiger charge is 2.46. The standard InChI is InChI=1S/C17H25FN2O2/c1-17(2,3)15-14(18)13(9-10-20(15)16(21)22)19-11-12-7-5-4-6-8-12/h4-8,13-15,19H,9-11H2,1-3H3,(H,21,22)/t13-,14+,15?/m0/s1. The Labute approximate surface area is 131 Å². The molecule has 1 unspecified atom stereocenters. The number of carbonyl (C=O) groups is 1. The van der Waals surface area contributed by atoms with Gasteiger partial charge in [0.15, 0.2) is 0 Å². The Morgan fingerprint density at radius 1 is 1.36 bits per heavy atom. The lowest BCUT2D eigenvalue weighted by Gasteiger charge is -2.47. The normalized spacial score (nSPS) is 26.0. The van der Waals surface area contributed by atoms with Gasteiger partial charge in [-0.1, -0.05) is 51.1 Å². The van der Waals surface area contributed by atoms with Gasteiger partial charge in [-0.2, -0.15) is 0 Å². The third-order valence-corrected chi connectivity index (χ3v) is 4.25. The van der Waals surface area contributed by atoms with Gasteiger partial charge in [0.1, 0.15) is 6.17 Å². The van der Waals surface area contributed by atoms with Crippen LogP contribution in [0.3, 0.4) is 0 Å². The number of nitrogens with zero attached hydrogens (tertiary/aromatic N) is 1. The zero-order valence-electron chi connectivity index (χ0n) is 13.4. The topological polar surface area (TPSA) is 52.6 Å². The van der Waals surface area contributed by atoms with Crippen molar-refractivity contribution in [2.75, 3.05) is 6.54 Å². The van der Waals surface area contributed by atoms with Gasteiger partial charge in [-0.25, -0.2) is 9.18 Å². The molecule has 2 rings (SSSR count). The van der Waals surface area contributed by atoms with Crippen molar-refractivity contribution in [2.45, 2.75) is 52.0 Å². The van der Waals surface area contributed by atoms with Crippen molar-refractivity contribution in [1.29, 1.82) is 0 Å². The van der Waals surface area contributed by atoms with Crippen LogP contribution < -0.4 is 5.32 Å². The van der Waals surface area contributed by atoms with Crippen molar-refractivity contribution >= 4 is 6.09 Å². The van der Waals surface area contributed by atoms with Gasteiger partial charge in [0, 0.05) is 19.1 Å². The van der Waals surface area contributed by atoms with Crippen LogP contribution in [0.25, 0.3) is 0 Å². The minimum Gasteiger partial charge on any atom is -0.465 e. The zero-order chi connectivity index (χ0) is 16.3. The maximum absolute atomic E-state index is 15.0. The van der Waals surface area contributed by atoms with E-state index in [0.29, 0.717) is 19.5 Å². The molecule has 3 atom stereocenters. The summed E-state index contributed by atoms with van der Waals surface area (Å²) in [5.74, 6) is 0. The fourth-order valence-electron chi connectivity index (χ4n) is 3.19. The first-order chi connectivity index (χ1) is 10.3. The molecule has 4 nitrogen and oxygen atoms in total. The van der Waals surface area contributed by atoms with Crippen LogP contribution in [0.2, 0.25) is 0 Å². The van der Waals surface area contributed by atoms with E-state index in [9.17, 15) is 14.3 Å². The first-order valence-corrected chi connectivity index (χ1v) is 7.71. The van der Waals surface area contributed by atoms with E-state index in [0.717, 1.165) is 5.56 Å². The van der Waals surface area contributed by atoms with Gasteiger partial charge in [-0.3, -0.25) is 0 Å². The third-order valence-electron chi connectivity index (χ3n) is 4.25. The maximum Gasteiger partial charge on any atom is 0.407 e. The molecule has 0 spiro atoms. The molecule has 0 aromatic heterocycles. The van der Waals surface area contributed by atoms with Gasteiger partial charge in [0.2, 0.25) is 0 Å². The first kappa shape index (κ1) is 16.7. The fourth-order valence-corrected chi connectivity index (χ4v) is 3.19. The van der Waals surface area contributed by atoms with Gasteiger partial charge in [0.25, 0.3) is 0 Å². The van der Waals surface area contributed by atoms with Crippen LogP contribution in [0.15, 0.2) is 30.3 Å². The molecule has 0 aliphatic carbocycles. The van der Waals surface area contributed by atoms with Crippen molar-refractivity contribution in [1.82, 2.24) is 10.2 Å². The molecule has 22 heavy (non-hydrogen) atoms. The van der Waals surface area contributed by atoms with E-state index < -0.39 is 23.7 Å². The van der Waals surface area contributed by atoms with Crippen LogP contribution in [-0.4, -0.2) is 40.9 Å². The molecule has 0 bridgehead atoms. The summed E-state index contributed by atoms with van der Waals surface area (Å²) in [4.78, 5) is 12.6. The minimum absolute atomic E-state index is 0.319. The summed E-state index contributed by atoms with van der Waals surface area (Å²) in [6.07, 6.45) is -1.76. The summed E-state index contributed by atoms with van der Waals surface area (Å²) in [7, 11) is 0. The molecule has 1 fully saturated rings. The molecule has 1 aliphatic heterocycles. The molecule has 0 saturated carbocycles. The molecule has 1 aliphatic rings. The van der Waals surface area contributed by atoms with Crippen LogP contribution >= 0.6 is 0 Å². The van der Waals surface area contributed by atoms with Crippen LogP contribution in [0.1, 0.15) is 32.8 Å². The number of benzene rings is 1. The highest BCUT2D eigenvalue weighted by Crippen LogP contribution is 2.34. The molecule has 0 radical (unpaired) electrons. The molecule has 1 heterocycles. The SMILES string of the molecule is CC(C)(C)C1[C@H](F)[C@@H](NCc2ccccc2)CCN1C(=O)O. The van der Waals surface area contributed by atoms with E-state index in [1.165, 1.54) is 4.90 Å². The summed E-state index contributed by atoms with van der Waals surface area (Å²) in [6, 6.07) is 8.89. The highest BCUT2D eigenvalue weighted by molar-refractivity contribution is 5.66. The average molecular weight is 308 g/mol. The van der Waals surface area contributed by atoms with E-state index >= 15 is 0 Å². The summed E-state index contributed by atoms with van der Waals surface area (Å²) in [5.41, 5.74) is 0.660. The van der Waals surface area contributed by atoms with Crippen LogP contribution in [0.5, 0.6) is 0 Å². The molecular formula is C17H25FN2O2. The monoisotopic (exact) mass is 308 g/mol. The summed E-state index contributed by atoms with van der Waals surface area (Å²) >= 11 is 0. The van der Waals surface area contributed by atoms with Gasteiger partial charge in [-0.15, -0.1) is 0 Å². The number of rotatable bonds is 3. The summed E-state index contributed by atoms with van der Waals surface area (Å²) in [5, 5.41) is 12.6. The largest absolute Gasteiger partial charge is 0.465 e. The first-order valence-electron chi connectivity index (χ1n) is 7.71. The van der Waals surface area contributed by atoms with E-state index in [-0.39, 0.29) is 6.04 Å². The second-order valence-electron chi connectivity index (χ2n) is 6.99. The van der Waals surface area contributed by atoms with Crippen LogP contribution in [-0.2, 0) is 6.54 Å². The van der Waals surface area contributed by atoms with Gasteiger partial charge in [0.05, 0.1) is 6.04 Å². The number of nitrogens with one attached hydrogen (secondary N) is 1. The Hall–Kier alpha value is -1.62. The number of hydrogen-bond donors (Lipinski definition) is 2. The quantitative estimate of drug-likeness (QED) is 0.901. The van der Waals surface area contributed by atoms with Crippen molar-refractivity contribution < 1.29 is 14.3 Å². The predicted octanol–water partition coefficient (Wildman–Crippen LogP) is 3.28. The molecule has 122 valence electrons. The molecule has 1 aromatic carbocycles. The lowest BCUT2D eigenvalue weighted by molar-refractivity contribution is -0.00968. The van der Waals surface area contributed by atoms with E-state index in [2.05, 4.69) is 5.32 Å². The average Bonchev–Trinajstić information content (AvgIpc) is 2.45. The molecular weight excluding hydrogens is 283 g/mol. The minimum atomic E-state index is -1.21. The van der Waals surface area contributed by atoms with Crippen LogP contribution in [0, 0.1) is 5.41 Å². The van der Waals surface area contributed by atoms with Crippen molar-refractivity contribution in [3.05, 3.63) is 35.9 Å². The third kappa shape index (κ3) is 3.77. The number of carboxylic acid groups (broad SMARTS) is 1. The van der Waals surface area contributed by atoms with E-state index in [4.69, 9.17) is 0 Å². The second-order valence-corrected chi connectivity index (χ2v) is 6.99. The molecule has 1 amide bonds. The number of piperidine rings is 1. The Balaban J connectivity index is 2.07. The van der Waals surface area contributed by atoms with E-state index in [1.807, 2.05) is 51.1 Å². The second kappa shape index (κ2) is 6.65. The maximum atomic E-state index is 15.0.